The number of carboxylic acids is 1. The van der Waals surface area contributed by atoms with Crippen molar-refractivity contribution >= 4 is 37.3 Å². The maximum absolute atomic E-state index is 14.6. The van der Waals surface area contributed by atoms with E-state index in [0.29, 0.717) is 9.83 Å². The van der Waals surface area contributed by atoms with E-state index in [1.54, 1.807) is 19.1 Å². The molecule has 1 aliphatic rings. The van der Waals surface area contributed by atoms with Crippen molar-refractivity contribution in [3.8, 4) is 0 Å². The second-order valence-electron chi connectivity index (χ2n) is 5.63. The normalized spacial score (nSPS) is 16.4. The fraction of sp³-hybridized carbons (Fsp3) is 0.176. The van der Waals surface area contributed by atoms with Crippen LogP contribution in [0.2, 0.25) is 0 Å². The van der Waals surface area contributed by atoms with E-state index in [1.807, 2.05) is 0 Å². The minimum Gasteiger partial charge on any atom is -0.481 e. The summed E-state index contributed by atoms with van der Waals surface area (Å²) >= 11 is 3.22. The second-order valence-corrected chi connectivity index (χ2v) is 8.43. The van der Waals surface area contributed by atoms with E-state index in [4.69, 9.17) is 5.11 Å². The SMILES string of the molecule is CC1N=c2ccc(F)c(S(=O)(=O)c3ccc(Br)cc3)c2=C1CC(=O)O. The van der Waals surface area contributed by atoms with Gasteiger partial charge in [0.2, 0.25) is 9.84 Å². The van der Waals surface area contributed by atoms with Crippen LogP contribution in [0.3, 0.4) is 0 Å². The summed E-state index contributed by atoms with van der Waals surface area (Å²) in [5, 5.41) is 9.48. The smallest absolute Gasteiger partial charge is 0.307 e. The van der Waals surface area contributed by atoms with Gasteiger partial charge in [0, 0.05) is 9.69 Å². The van der Waals surface area contributed by atoms with E-state index in [9.17, 15) is 17.6 Å². The van der Waals surface area contributed by atoms with E-state index in [1.165, 1.54) is 18.2 Å². The van der Waals surface area contributed by atoms with E-state index in [-0.39, 0.29) is 15.7 Å². The van der Waals surface area contributed by atoms with Gasteiger partial charge in [-0.05, 0) is 48.9 Å². The number of carboxylic acid groups (broad SMARTS) is 1. The van der Waals surface area contributed by atoms with E-state index < -0.39 is 39.0 Å². The van der Waals surface area contributed by atoms with E-state index in [0.717, 1.165) is 6.07 Å². The highest BCUT2D eigenvalue weighted by molar-refractivity contribution is 9.10. The molecule has 0 fully saturated rings. The molecular weight excluding hydrogens is 413 g/mol. The largest absolute Gasteiger partial charge is 0.481 e. The molecule has 1 unspecified atom stereocenters. The molecule has 130 valence electrons. The number of hydrogen-bond donors (Lipinski definition) is 1. The fourth-order valence-electron chi connectivity index (χ4n) is 2.85. The molecule has 0 aromatic heterocycles. The number of aliphatic carboxylic acids is 1. The molecule has 0 saturated heterocycles. The maximum atomic E-state index is 14.6. The van der Waals surface area contributed by atoms with Crippen LogP contribution in [0, 0.1) is 5.82 Å². The molecule has 2 aromatic rings. The lowest BCUT2D eigenvalue weighted by Gasteiger charge is -2.09. The first kappa shape index (κ1) is 17.8. The molecule has 0 aliphatic carbocycles. The Labute approximate surface area is 151 Å². The first-order chi connectivity index (χ1) is 11.7. The Bertz CT molecular complexity index is 1090. The Hall–Kier alpha value is -2.06. The Morgan fingerprint density at radius 3 is 2.48 bits per heavy atom. The van der Waals surface area contributed by atoms with Crippen LogP contribution in [0.1, 0.15) is 13.3 Å². The van der Waals surface area contributed by atoms with Crippen LogP contribution in [-0.4, -0.2) is 25.5 Å². The van der Waals surface area contributed by atoms with Gasteiger partial charge in [-0.2, -0.15) is 0 Å². The fourth-order valence-corrected chi connectivity index (χ4v) is 4.68. The molecule has 0 spiro atoms. The van der Waals surface area contributed by atoms with Gasteiger partial charge in [0.05, 0.1) is 22.7 Å². The van der Waals surface area contributed by atoms with Crippen LogP contribution in [0.25, 0.3) is 5.57 Å². The van der Waals surface area contributed by atoms with Gasteiger partial charge >= 0.3 is 5.97 Å². The van der Waals surface area contributed by atoms with Crippen molar-refractivity contribution < 1.29 is 22.7 Å². The third-order valence-electron chi connectivity index (χ3n) is 3.98. The molecular formula is C17H13BrFNO4S. The van der Waals surface area contributed by atoms with Crippen molar-refractivity contribution in [2.24, 2.45) is 4.99 Å². The zero-order chi connectivity index (χ0) is 18.4. The molecule has 0 amide bonds. The molecule has 2 aromatic carbocycles. The summed E-state index contributed by atoms with van der Waals surface area (Å²) in [6.07, 6.45) is -0.399. The van der Waals surface area contributed by atoms with Gasteiger partial charge in [0.1, 0.15) is 10.7 Å². The third kappa shape index (κ3) is 3.11. The van der Waals surface area contributed by atoms with Crippen molar-refractivity contribution in [1.29, 1.82) is 0 Å². The molecule has 0 saturated carbocycles. The Balaban J connectivity index is 2.38. The highest BCUT2D eigenvalue weighted by atomic mass is 79.9. The minimum atomic E-state index is -4.17. The summed E-state index contributed by atoms with van der Waals surface area (Å²) in [7, 11) is -4.17. The van der Waals surface area contributed by atoms with Gasteiger partial charge in [-0.3, -0.25) is 9.79 Å². The highest BCUT2D eigenvalue weighted by Gasteiger charge is 2.29. The highest BCUT2D eigenvalue weighted by Crippen LogP contribution is 2.24. The molecule has 8 heteroatoms. The van der Waals surface area contributed by atoms with Crippen LogP contribution in [-0.2, 0) is 14.6 Å². The molecule has 1 atom stereocenters. The topological polar surface area (TPSA) is 83.8 Å². The quantitative estimate of drug-likeness (QED) is 0.812. The van der Waals surface area contributed by atoms with Crippen molar-refractivity contribution in [2.45, 2.75) is 29.2 Å². The molecule has 1 heterocycles. The van der Waals surface area contributed by atoms with Gasteiger partial charge in [-0.25, -0.2) is 12.8 Å². The van der Waals surface area contributed by atoms with Gasteiger partial charge in [0.15, 0.2) is 0 Å². The molecule has 0 bridgehead atoms. The summed E-state index contributed by atoms with van der Waals surface area (Å²) < 4.78 is 41.3. The number of fused-ring (bicyclic) bond motifs is 1. The molecule has 1 aliphatic heterocycles. The molecule has 25 heavy (non-hydrogen) atoms. The van der Waals surface area contributed by atoms with E-state index in [2.05, 4.69) is 20.9 Å². The van der Waals surface area contributed by atoms with Crippen molar-refractivity contribution in [1.82, 2.24) is 0 Å². The van der Waals surface area contributed by atoms with Crippen LogP contribution in [0.15, 0.2) is 55.7 Å². The maximum Gasteiger partial charge on any atom is 0.307 e. The lowest BCUT2D eigenvalue weighted by molar-refractivity contribution is -0.135. The number of halogens is 2. The first-order valence-electron chi connectivity index (χ1n) is 7.33. The number of rotatable bonds is 4. The van der Waals surface area contributed by atoms with Crippen LogP contribution in [0.4, 0.5) is 4.39 Å². The van der Waals surface area contributed by atoms with E-state index >= 15 is 0 Å². The Morgan fingerprint density at radius 1 is 1.24 bits per heavy atom. The average molecular weight is 426 g/mol. The number of sulfone groups is 1. The monoisotopic (exact) mass is 425 g/mol. The number of benzene rings is 2. The van der Waals surface area contributed by atoms with Gasteiger partial charge in [0.25, 0.3) is 0 Å². The van der Waals surface area contributed by atoms with Gasteiger partial charge in [-0.15, -0.1) is 0 Å². The predicted octanol–water partition coefficient (Wildman–Crippen LogP) is 2.07. The standard InChI is InChI=1S/C17H13BrFNO4S/c1-9-12(8-15(21)22)16-14(20-9)7-6-13(19)17(16)25(23,24)11-4-2-10(18)3-5-11/h2-7,9H,8H2,1H3,(H,21,22). The summed E-state index contributed by atoms with van der Waals surface area (Å²) in [6.45, 7) is 1.66. The lowest BCUT2D eigenvalue weighted by atomic mass is 10.0. The Morgan fingerprint density at radius 2 is 1.88 bits per heavy atom. The van der Waals surface area contributed by atoms with Crippen LogP contribution in [0.5, 0.6) is 0 Å². The van der Waals surface area contributed by atoms with Gasteiger partial charge < -0.3 is 5.11 Å². The summed E-state index contributed by atoms with van der Waals surface area (Å²) in [4.78, 5) is 14.8. The van der Waals surface area contributed by atoms with Crippen molar-refractivity contribution in [3.05, 3.63) is 57.3 Å². The zero-order valence-electron chi connectivity index (χ0n) is 13.0. The molecule has 1 N–H and O–H groups in total. The molecule has 0 radical (unpaired) electrons. The van der Waals surface area contributed by atoms with Crippen molar-refractivity contribution in [2.75, 3.05) is 0 Å². The number of carbonyl (C=O) groups is 1. The predicted molar refractivity (Wildman–Crippen MR) is 91.9 cm³/mol. The zero-order valence-corrected chi connectivity index (χ0v) is 15.4. The summed E-state index contributed by atoms with van der Waals surface area (Å²) in [6, 6.07) is 7.72. The number of hydrogen-bond acceptors (Lipinski definition) is 4. The van der Waals surface area contributed by atoms with Crippen LogP contribution < -0.4 is 10.6 Å². The molecule has 3 rings (SSSR count). The third-order valence-corrected chi connectivity index (χ3v) is 6.34. The van der Waals surface area contributed by atoms with Crippen molar-refractivity contribution in [3.63, 3.8) is 0 Å². The van der Waals surface area contributed by atoms with Gasteiger partial charge in [-0.1, -0.05) is 15.9 Å². The summed E-state index contributed by atoms with van der Waals surface area (Å²) in [5.41, 5.74) is 0.290. The minimum absolute atomic E-state index is 0.0674. The molecule has 5 nitrogen and oxygen atoms in total. The first-order valence-corrected chi connectivity index (χ1v) is 9.61. The number of nitrogens with zero attached hydrogens (tertiary/aromatic N) is 1. The Kier molecular flexibility index (Phi) is 4.51. The second kappa shape index (κ2) is 6.34. The lowest BCUT2D eigenvalue weighted by Crippen LogP contribution is -2.32. The summed E-state index contributed by atoms with van der Waals surface area (Å²) in [5.74, 6) is -2.05. The van der Waals surface area contributed by atoms with Crippen LogP contribution >= 0.6 is 15.9 Å². The average Bonchev–Trinajstić information content (AvgIpc) is 2.83.